The molecule has 1 N–H and O–H groups in total. The maximum atomic E-state index is 11.3. The lowest BCUT2D eigenvalue weighted by atomic mass is 9.72. The summed E-state index contributed by atoms with van der Waals surface area (Å²) in [6, 6.07) is 15.3. The number of nitro benzene ring substituents is 1. The molecule has 4 rings (SSSR count). The quantitative estimate of drug-likeness (QED) is 0.519. The molecule has 0 bridgehead atoms. The molecule has 1 aliphatic rings. The van der Waals surface area contributed by atoms with E-state index in [0.717, 1.165) is 38.3 Å². The summed E-state index contributed by atoms with van der Waals surface area (Å²) in [5.74, 6) is 0. The fraction of sp³-hybridized carbons (Fsp3) is 0.318. The Kier molecular flexibility index (Phi) is 4.96. The molecule has 144 valence electrons. The van der Waals surface area contributed by atoms with E-state index in [1.54, 1.807) is 30.5 Å². The van der Waals surface area contributed by atoms with Gasteiger partial charge in [0.1, 0.15) is 5.52 Å². The minimum absolute atomic E-state index is 0.0352. The largest absolute Gasteiger partial charge is 0.382 e. The highest BCUT2D eigenvalue weighted by Crippen LogP contribution is 2.38. The second-order valence-electron chi connectivity index (χ2n) is 7.35. The molecule has 0 spiro atoms. The maximum absolute atomic E-state index is 11.3. The van der Waals surface area contributed by atoms with Gasteiger partial charge in [-0.3, -0.25) is 15.1 Å². The van der Waals surface area contributed by atoms with Crippen LogP contribution < -0.4 is 5.32 Å². The average Bonchev–Trinajstić information content (AvgIpc) is 2.72. The molecule has 3 aromatic rings. The van der Waals surface area contributed by atoms with Crippen LogP contribution in [0.5, 0.6) is 0 Å². The van der Waals surface area contributed by atoms with Crippen LogP contribution in [0.2, 0.25) is 0 Å². The van der Waals surface area contributed by atoms with Crippen LogP contribution in [-0.4, -0.2) is 29.7 Å². The highest BCUT2D eigenvalue weighted by atomic mass is 16.6. The predicted molar refractivity (Wildman–Crippen MR) is 110 cm³/mol. The molecule has 0 atom stereocenters. The summed E-state index contributed by atoms with van der Waals surface area (Å²) in [6.45, 7) is 4.34. The smallest absolute Gasteiger partial charge is 0.278 e. The molecule has 2 aromatic carbocycles. The summed E-state index contributed by atoms with van der Waals surface area (Å²) in [7, 11) is 0. The number of aromatic nitrogens is 1. The molecule has 0 unspecified atom stereocenters. The van der Waals surface area contributed by atoms with Crippen LogP contribution in [-0.2, 0) is 10.2 Å². The third-order valence-corrected chi connectivity index (χ3v) is 5.73. The molecule has 0 radical (unpaired) electrons. The van der Waals surface area contributed by atoms with Gasteiger partial charge in [-0.1, -0.05) is 24.3 Å². The SMILES string of the molecule is Cc1ccccc1C1(CNc2ccc([N+](=O)[O-])c3cccnc23)CCOCC1. The number of fused-ring (bicyclic) bond motifs is 1. The summed E-state index contributed by atoms with van der Waals surface area (Å²) in [6.07, 6.45) is 3.54. The van der Waals surface area contributed by atoms with Crippen molar-refractivity contribution in [3.63, 3.8) is 0 Å². The van der Waals surface area contributed by atoms with Crippen molar-refractivity contribution in [2.24, 2.45) is 0 Å². The minimum Gasteiger partial charge on any atom is -0.382 e. The van der Waals surface area contributed by atoms with E-state index in [1.807, 2.05) is 0 Å². The van der Waals surface area contributed by atoms with Gasteiger partial charge in [-0.05, 0) is 49.1 Å². The summed E-state index contributed by atoms with van der Waals surface area (Å²) >= 11 is 0. The van der Waals surface area contributed by atoms with Gasteiger partial charge in [0.15, 0.2) is 0 Å². The van der Waals surface area contributed by atoms with Gasteiger partial charge in [-0.2, -0.15) is 0 Å². The van der Waals surface area contributed by atoms with Gasteiger partial charge < -0.3 is 10.1 Å². The molecule has 28 heavy (non-hydrogen) atoms. The van der Waals surface area contributed by atoms with Crippen LogP contribution in [0.25, 0.3) is 10.9 Å². The number of aryl methyl sites for hydroxylation is 1. The van der Waals surface area contributed by atoms with Crippen molar-refractivity contribution < 1.29 is 9.66 Å². The molecule has 0 amide bonds. The number of benzene rings is 2. The van der Waals surface area contributed by atoms with Crippen LogP contribution in [0.3, 0.4) is 0 Å². The van der Waals surface area contributed by atoms with E-state index < -0.39 is 0 Å². The van der Waals surface area contributed by atoms with Gasteiger partial charge in [0.25, 0.3) is 5.69 Å². The third kappa shape index (κ3) is 3.31. The first-order valence-corrected chi connectivity index (χ1v) is 9.51. The summed E-state index contributed by atoms with van der Waals surface area (Å²) in [5.41, 5.74) is 4.10. The number of nitrogens with one attached hydrogen (secondary N) is 1. The number of rotatable bonds is 5. The zero-order chi connectivity index (χ0) is 19.6. The van der Waals surface area contributed by atoms with E-state index >= 15 is 0 Å². The van der Waals surface area contributed by atoms with Crippen LogP contribution in [0.1, 0.15) is 24.0 Å². The lowest BCUT2D eigenvalue weighted by molar-refractivity contribution is -0.383. The lowest BCUT2D eigenvalue weighted by Gasteiger charge is -2.39. The second kappa shape index (κ2) is 7.56. The van der Waals surface area contributed by atoms with Crippen molar-refractivity contribution in [2.75, 3.05) is 25.1 Å². The fourth-order valence-electron chi connectivity index (χ4n) is 4.20. The fourth-order valence-corrected chi connectivity index (χ4v) is 4.20. The van der Waals surface area contributed by atoms with E-state index in [9.17, 15) is 10.1 Å². The molecule has 6 heteroatoms. The van der Waals surface area contributed by atoms with Crippen LogP contribution in [0.15, 0.2) is 54.7 Å². The number of ether oxygens (including phenoxy) is 1. The number of nitrogens with zero attached hydrogens (tertiary/aromatic N) is 2. The molecule has 1 fully saturated rings. The Morgan fingerprint density at radius 3 is 2.68 bits per heavy atom. The van der Waals surface area contributed by atoms with E-state index in [1.165, 1.54) is 11.1 Å². The Labute approximate surface area is 163 Å². The number of hydrogen-bond donors (Lipinski definition) is 1. The third-order valence-electron chi connectivity index (χ3n) is 5.73. The Morgan fingerprint density at radius 2 is 1.93 bits per heavy atom. The zero-order valence-electron chi connectivity index (χ0n) is 15.9. The number of anilines is 1. The lowest BCUT2D eigenvalue weighted by Crippen LogP contribution is -2.40. The van der Waals surface area contributed by atoms with Gasteiger partial charge in [0.05, 0.1) is 16.0 Å². The first-order chi connectivity index (χ1) is 13.6. The number of hydrogen-bond acceptors (Lipinski definition) is 5. The molecule has 1 aliphatic heterocycles. The first-order valence-electron chi connectivity index (χ1n) is 9.51. The Hall–Kier alpha value is -2.99. The zero-order valence-corrected chi connectivity index (χ0v) is 15.9. The highest BCUT2D eigenvalue weighted by Gasteiger charge is 2.35. The van der Waals surface area contributed by atoms with Crippen LogP contribution in [0.4, 0.5) is 11.4 Å². The van der Waals surface area contributed by atoms with E-state index in [2.05, 4.69) is 41.5 Å². The minimum atomic E-state index is -0.360. The first kappa shape index (κ1) is 18.4. The van der Waals surface area contributed by atoms with Gasteiger partial charge >= 0.3 is 0 Å². The van der Waals surface area contributed by atoms with Crippen molar-refractivity contribution in [1.29, 1.82) is 0 Å². The Morgan fingerprint density at radius 1 is 1.14 bits per heavy atom. The molecular weight excluding hydrogens is 354 g/mol. The van der Waals surface area contributed by atoms with Crippen molar-refractivity contribution in [3.8, 4) is 0 Å². The molecule has 0 saturated carbocycles. The molecule has 2 heterocycles. The van der Waals surface area contributed by atoms with E-state index in [-0.39, 0.29) is 16.0 Å². The molecule has 1 aromatic heterocycles. The normalized spacial score (nSPS) is 16.0. The summed E-state index contributed by atoms with van der Waals surface area (Å²) in [4.78, 5) is 15.4. The van der Waals surface area contributed by atoms with Crippen molar-refractivity contribution in [3.05, 3.63) is 76.0 Å². The van der Waals surface area contributed by atoms with E-state index in [4.69, 9.17) is 4.74 Å². The predicted octanol–water partition coefficient (Wildman–Crippen LogP) is 4.61. The van der Waals surface area contributed by atoms with Crippen LogP contribution in [0, 0.1) is 17.0 Å². The van der Waals surface area contributed by atoms with Crippen molar-refractivity contribution in [1.82, 2.24) is 4.98 Å². The maximum Gasteiger partial charge on any atom is 0.278 e. The molecular formula is C22H23N3O3. The molecule has 1 saturated heterocycles. The molecule has 0 aliphatic carbocycles. The summed E-state index contributed by atoms with van der Waals surface area (Å²) < 4.78 is 5.64. The summed E-state index contributed by atoms with van der Waals surface area (Å²) in [5, 5.41) is 15.4. The highest BCUT2D eigenvalue weighted by molar-refractivity contribution is 5.96. The standard InChI is InChI=1S/C22H23N3O3/c1-16-5-2-3-7-18(16)22(10-13-28-14-11-22)15-24-19-8-9-20(25(26)27)17-6-4-12-23-21(17)19/h2-9,12,24H,10-11,13-15H2,1H3. The second-order valence-corrected chi connectivity index (χ2v) is 7.35. The van der Waals surface area contributed by atoms with Crippen molar-refractivity contribution in [2.45, 2.75) is 25.2 Å². The van der Waals surface area contributed by atoms with Crippen molar-refractivity contribution >= 4 is 22.3 Å². The topological polar surface area (TPSA) is 77.3 Å². The molecule has 6 nitrogen and oxygen atoms in total. The average molecular weight is 377 g/mol. The number of non-ortho nitro benzene ring substituents is 1. The van der Waals surface area contributed by atoms with Crippen LogP contribution >= 0.6 is 0 Å². The Bertz CT molecular complexity index is 1010. The van der Waals surface area contributed by atoms with Gasteiger partial charge in [0, 0.05) is 37.4 Å². The van der Waals surface area contributed by atoms with Gasteiger partial charge in [-0.25, -0.2) is 0 Å². The number of pyridine rings is 1. The van der Waals surface area contributed by atoms with Gasteiger partial charge in [0.2, 0.25) is 0 Å². The monoisotopic (exact) mass is 377 g/mol. The van der Waals surface area contributed by atoms with E-state index in [0.29, 0.717) is 10.9 Å². The Balaban J connectivity index is 1.70. The van der Waals surface area contributed by atoms with Gasteiger partial charge in [-0.15, -0.1) is 0 Å². The number of nitro groups is 1.